The lowest BCUT2D eigenvalue weighted by Gasteiger charge is -2.20. The third-order valence-corrected chi connectivity index (χ3v) is 6.91. The van der Waals surface area contributed by atoms with E-state index in [1.54, 1.807) is 33.0 Å². The van der Waals surface area contributed by atoms with Gasteiger partial charge in [0, 0.05) is 13.5 Å². The number of hydrogen-bond acceptors (Lipinski definition) is 8. The van der Waals surface area contributed by atoms with Crippen molar-refractivity contribution in [2.75, 3.05) is 32.5 Å². The van der Waals surface area contributed by atoms with E-state index in [0.717, 1.165) is 53.9 Å². The predicted molar refractivity (Wildman–Crippen MR) is 148 cm³/mol. The molecule has 0 aliphatic carbocycles. The highest BCUT2D eigenvalue weighted by atomic mass is 32.1. The van der Waals surface area contributed by atoms with Crippen LogP contribution in [-0.2, 0) is 13.1 Å². The highest BCUT2D eigenvalue weighted by Crippen LogP contribution is 2.30. The van der Waals surface area contributed by atoms with Crippen LogP contribution in [0.5, 0.6) is 0 Å². The fourth-order valence-electron chi connectivity index (χ4n) is 4.07. The van der Waals surface area contributed by atoms with Crippen molar-refractivity contribution in [2.24, 2.45) is 0 Å². The smallest absolute Gasteiger partial charge is 0.268 e. The van der Waals surface area contributed by atoms with Gasteiger partial charge in [-0.2, -0.15) is 0 Å². The van der Waals surface area contributed by atoms with Crippen LogP contribution in [-0.4, -0.2) is 63.2 Å². The Balaban J connectivity index is 1.50. The van der Waals surface area contributed by atoms with Gasteiger partial charge in [0.05, 0.1) is 39.1 Å². The van der Waals surface area contributed by atoms with Gasteiger partial charge in [-0.1, -0.05) is 6.07 Å². The summed E-state index contributed by atoms with van der Waals surface area (Å²) in [6.45, 7) is 8.34. The van der Waals surface area contributed by atoms with Crippen LogP contribution in [0.25, 0.3) is 21.7 Å². The Kier molecular flexibility index (Phi) is 8.43. The van der Waals surface area contributed by atoms with Crippen molar-refractivity contribution in [1.29, 1.82) is 0 Å². The lowest BCUT2D eigenvalue weighted by atomic mass is 10.1. The normalized spacial score (nSPS) is 12.1. The van der Waals surface area contributed by atoms with E-state index in [2.05, 4.69) is 40.7 Å². The number of nitrogens with zero attached hydrogens (tertiary/aromatic N) is 4. The molecule has 0 saturated carbocycles. The molecule has 3 N–H and O–H groups in total. The number of aromatic nitrogens is 3. The Labute approximate surface area is 221 Å². The first kappa shape index (κ1) is 27.0. The lowest BCUT2D eigenvalue weighted by molar-refractivity contribution is 0.0630. The number of carbonyl (C=O) groups is 1. The second-order valence-electron chi connectivity index (χ2n) is 10.2. The summed E-state index contributed by atoms with van der Waals surface area (Å²) < 4.78 is 7.44. The topological polar surface area (TPSA) is 108 Å². The number of rotatable bonds is 12. The van der Waals surface area contributed by atoms with E-state index < -0.39 is 5.60 Å². The summed E-state index contributed by atoms with van der Waals surface area (Å²) in [5.41, 5.74) is 1.77. The van der Waals surface area contributed by atoms with Crippen LogP contribution in [0.4, 0.5) is 5.95 Å². The number of oxazole rings is 1. The minimum Gasteiger partial charge on any atom is -0.440 e. The molecule has 4 aromatic rings. The largest absolute Gasteiger partial charge is 0.440 e. The Morgan fingerprint density at radius 3 is 2.73 bits per heavy atom. The van der Waals surface area contributed by atoms with E-state index in [4.69, 9.17) is 9.40 Å². The molecule has 0 bridgehead atoms. The molecular weight excluding hydrogens is 488 g/mol. The van der Waals surface area contributed by atoms with Gasteiger partial charge >= 0.3 is 0 Å². The van der Waals surface area contributed by atoms with Crippen molar-refractivity contribution >= 4 is 34.2 Å². The SMILES string of the molecule is Cc1ncc(-c2ccc(C(=O)Nc3nc4cc(CNCCCCN(C)C)ccc4n3CC(C)(C)O)s2)o1. The molecule has 3 aromatic heterocycles. The number of thiophene rings is 1. The fourth-order valence-corrected chi connectivity index (χ4v) is 4.92. The first-order valence-electron chi connectivity index (χ1n) is 12.5. The van der Waals surface area contributed by atoms with Gasteiger partial charge < -0.3 is 24.3 Å². The minimum atomic E-state index is -0.986. The lowest BCUT2D eigenvalue weighted by Crippen LogP contribution is -2.27. The summed E-state index contributed by atoms with van der Waals surface area (Å²) in [5.74, 6) is 1.35. The van der Waals surface area contributed by atoms with Crippen molar-refractivity contribution < 1.29 is 14.3 Å². The summed E-state index contributed by atoms with van der Waals surface area (Å²) in [6.07, 6.45) is 3.94. The second kappa shape index (κ2) is 11.6. The number of benzene rings is 1. The molecule has 0 fully saturated rings. The Bertz CT molecular complexity index is 1350. The maximum absolute atomic E-state index is 13.1. The van der Waals surface area contributed by atoms with E-state index in [-0.39, 0.29) is 12.5 Å². The number of aryl methyl sites for hydroxylation is 1. The highest BCUT2D eigenvalue weighted by molar-refractivity contribution is 7.17. The molecule has 1 aromatic carbocycles. The molecule has 1 amide bonds. The number of nitrogens with one attached hydrogen (secondary N) is 2. The van der Waals surface area contributed by atoms with Crippen LogP contribution in [0.15, 0.2) is 40.9 Å². The minimum absolute atomic E-state index is 0.264. The molecule has 0 radical (unpaired) electrons. The number of anilines is 1. The number of unbranched alkanes of at least 4 members (excludes halogenated alkanes) is 1. The third kappa shape index (κ3) is 7.26. The molecule has 0 aliphatic rings. The van der Waals surface area contributed by atoms with Crippen molar-refractivity contribution in [1.82, 2.24) is 24.8 Å². The first-order valence-corrected chi connectivity index (χ1v) is 13.3. The maximum atomic E-state index is 13.1. The Morgan fingerprint density at radius 1 is 1.22 bits per heavy atom. The fraction of sp³-hybridized carbons (Fsp3) is 0.444. The van der Waals surface area contributed by atoms with E-state index in [9.17, 15) is 9.90 Å². The van der Waals surface area contributed by atoms with Gasteiger partial charge in [-0.25, -0.2) is 9.97 Å². The van der Waals surface area contributed by atoms with Crippen LogP contribution in [0.1, 0.15) is 47.8 Å². The molecule has 0 saturated heterocycles. The van der Waals surface area contributed by atoms with Crippen molar-refractivity contribution in [3.05, 3.63) is 52.9 Å². The molecule has 198 valence electrons. The van der Waals surface area contributed by atoms with Gasteiger partial charge in [0.1, 0.15) is 0 Å². The van der Waals surface area contributed by atoms with Crippen LogP contribution in [0, 0.1) is 6.92 Å². The number of fused-ring (bicyclic) bond motifs is 1. The molecule has 0 spiro atoms. The number of hydrogen-bond donors (Lipinski definition) is 3. The average molecular weight is 525 g/mol. The standard InChI is InChI=1S/C27H36N6O3S/c1-18-29-16-22(36-18)23-10-11-24(37-23)25(34)31-26-30-20-14-19(15-28-12-6-7-13-32(4)5)8-9-21(20)33(26)17-27(2,3)35/h8-11,14,16,28,35H,6-7,12-13,15,17H2,1-5H3,(H,30,31,34). The van der Waals surface area contributed by atoms with E-state index in [1.165, 1.54) is 11.3 Å². The molecule has 4 rings (SSSR count). The molecule has 9 nitrogen and oxygen atoms in total. The quantitative estimate of drug-likeness (QED) is 0.234. The highest BCUT2D eigenvalue weighted by Gasteiger charge is 2.22. The number of carbonyl (C=O) groups excluding carboxylic acids is 1. The Morgan fingerprint density at radius 2 is 2.03 bits per heavy atom. The molecule has 10 heteroatoms. The number of amides is 1. The van der Waals surface area contributed by atoms with Crippen molar-refractivity contribution in [2.45, 2.75) is 52.3 Å². The zero-order valence-corrected chi connectivity index (χ0v) is 23.0. The summed E-state index contributed by atoms with van der Waals surface area (Å²) >= 11 is 1.33. The van der Waals surface area contributed by atoms with E-state index in [1.807, 2.05) is 22.8 Å². The van der Waals surface area contributed by atoms with Gasteiger partial charge in [-0.15, -0.1) is 11.3 Å². The summed E-state index contributed by atoms with van der Waals surface area (Å²) in [4.78, 5) is 25.5. The number of aliphatic hydroxyl groups is 1. The third-order valence-electron chi connectivity index (χ3n) is 5.81. The molecule has 3 heterocycles. The van der Waals surface area contributed by atoms with Gasteiger partial charge in [-0.05, 0) is 83.7 Å². The van der Waals surface area contributed by atoms with Gasteiger partial charge in [0.15, 0.2) is 11.7 Å². The summed E-state index contributed by atoms with van der Waals surface area (Å²) in [6, 6.07) is 9.71. The summed E-state index contributed by atoms with van der Waals surface area (Å²) in [7, 11) is 4.18. The van der Waals surface area contributed by atoms with E-state index in [0.29, 0.717) is 22.5 Å². The van der Waals surface area contributed by atoms with Crippen LogP contribution >= 0.6 is 11.3 Å². The Hall–Kier alpha value is -3.05. The zero-order chi connectivity index (χ0) is 26.6. The van der Waals surface area contributed by atoms with Crippen LogP contribution in [0.3, 0.4) is 0 Å². The average Bonchev–Trinajstić information content (AvgIpc) is 3.54. The second-order valence-corrected chi connectivity index (χ2v) is 11.3. The van der Waals surface area contributed by atoms with Gasteiger partial charge in [0.2, 0.25) is 5.95 Å². The zero-order valence-electron chi connectivity index (χ0n) is 22.2. The van der Waals surface area contributed by atoms with Crippen LogP contribution < -0.4 is 10.6 Å². The molecule has 0 aliphatic heterocycles. The molecule has 0 unspecified atom stereocenters. The molecule has 37 heavy (non-hydrogen) atoms. The van der Waals surface area contributed by atoms with E-state index >= 15 is 0 Å². The molecular formula is C27H36N6O3S. The predicted octanol–water partition coefficient (Wildman–Crippen LogP) is 4.52. The van der Waals surface area contributed by atoms with Gasteiger partial charge in [0.25, 0.3) is 5.91 Å². The maximum Gasteiger partial charge on any atom is 0.268 e. The van der Waals surface area contributed by atoms with Crippen molar-refractivity contribution in [3.63, 3.8) is 0 Å². The van der Waals surface area contributed by atoms with Crippen molar-refractivity contribution in [3.8, 4) is 10.6 Å². The van der Waals surface area contributed by atoms with Crippen LogP contribution in [0.2, 0.25) is 0 Å². The first-order chi connectivity index (χ1) is 17.6. The number of imidazole rings is 1. The molecule has 0 atom stereocenters. The summed E-state index contributed by atoms with van der Waals surface area (Å²) in [5, 5.41) is 17.0. The monoisotopic (exact) mass is 524 g/mol. The van der Waals surface area contributed by atoms with Gasteiger partial charge in [-0.3, -0.25) is 10.1 Å².